The van der Waals surface area contributed by atoms with Crippen LogP contribution in [0.2, 0.25) is 0 Å². The van der Waals surface area contributed by atoms with Gasteiger partial charge >= 0.3 is 43.1 Å². The van der Waals surface area contributed by atoms with Crippen molar-refractivity contribution in [2.75, 3.05) is 169 Å². The molecule has 44 heteroatoms. The second kappa shape index (κ2) is 51.5. The smallest absolute Gasteiger partial charge is 0.714 e. The molecule has 10 N–H and O–H groups in total. The lowest BCUT2D eigenvalue weighted by molar-refractivity contribution is -0.884. The molecule has 0 bridgehead atoms. The van der Waals surface area contributed by atoms with E-state index in [1.165, 1.54) is 11.1 Å². The summed E-state index contributed by atoms with van der Waals surface area (Å²) in [6.45, 7) is 55.9. The van der Waals surface area contributed by atoms with Crippen molar-refractivity contribution in [3.05, 3.63) is 93.0 Å². The summed E-state index contributed by atoms with van der Waals surface area (Å²) in [6, 6.07) is 16.6. The van der Waals surface area contributed by atoms with Gasteiger partial charge in [0.25, 0.3) is 0 Å². The Hall–Kier alpha value is -0.730. The molecule has 0 aromatic heterocycles. The standard InChI is InChI=1S/C26H48B2N2O5.C26H48B2N2O4.C20H36BN2O4.C20H36BN2O3.8BrH.2H2O2.2H2O/c1-23(2)24(3,4)33-27(32-23)21-15-20(18-30(12,13)14)22(16-19(21)17-29(9,10)11)31-28-34-25(5,6)26(7,8)35-28;1-23(2)24(3,4)32-27(31-23)21-15-20(18-30(12,13)14)22(16-19(21)17-29(9,10)11)28-33-25(5,6)26(7,8)34-28;1-19(2)20(3,4)27-21(26-19)25-18-12-15(13-22(5,6)7)17(24)11-16(18)14-23(8,9)10;1-19(2)20(3,4)26-21(25-19)17-11-16(14-23(8,9)10)18(24)12-15(17)13-22(5,6)7;;;;;;;;;2*1-2;;/h15-16H,17-18H2,1-14H3;15-16H,17-18H2,1-14H3;11-12H,13-14H2,1-10H3;11-12H,13-14H2,1-10H3;8*1H;2*1-2H;2*1H2/q2*+2;2*+1;;;;;;;;;;;;/p-6. The van der Waals surface area contributed by atoms with Crippen molar-refractivity contribution in [1.29, 1.82) is 0 Å². The molecule has 0 aliphatic carbocycles. The lowest BCUT2D eigenvalue weighted by Gasteiger charge is -2.32. The van der Waals surface area contributed by atoms with Crippen LogP contribution in [0.15, 0.2) is 48.5 Å². The first-order chi connectivity index (χ1) is 56.1. The lowest BCUT2D eigenvalue weighted by atomic mass is 9.68. The fourth-order valence-electron chi connectivity index (χ4n) is 14.8. The summed E-state index contributed by atoms with van der Waals surface area (Å²) in [6.07, 6.45) is 0. The van der Waals surface area contributed by atoms with Crippen LogP contribution in [0.5, 0.6) is 23.0 Å². The van der Waals surface area contributed by atoms with Gasteiger partial charge in [-0.2, -0.15) is 0 Å². The molecule has 4 aromatic carbocycles. The molecular weight excluding hydrogens is 2270 g/mol. The minimum Gasteiger partial charge on any atom is -1.00 e. The van der Waals surface area contributed by atoms with Crippen molar-refractivity contribution < 1.29 is 279 Å². The number of benzene rings is 4. The Bertz CT molecular complexity index is 4210. The van der Waals surface area contributed by atoms with Crippen LogP contribution in [0.25, 0.3) is 0 Å². The van der Waals surface area contributed by atoms with Gasteiger partial charge in [-0.25, -0.2) is 0 Å². The van der Waals surface area contributed by atoms with E-state index in [1.807, 2.05) is 73.6 Å². The minimum absolute atomic E-state index is 0. The zero-order chi connectivity index (χ0) is 97.9. The van der Waals surface area contributed by atoms with E-state index in [0.717, 1.165) is 127 Å². The second-order valence-corrected chi connectivity index (χ2v) is 49.9. The fraction of sp³-hybridized carbons (Fsp3) is 0.739. The van der Waals surface area contributed by atoms with Crippen LogP contribution >= 0.6 is 0 Å². The van der Waals surface area contributed by atoms with Gasteiger partial charge in [0.2, 0.25) is 0 Å². The average molecular weight is 2450 g/mol. The van der Waals surface area contributed by atoms with E-state index in [0.29, 0.717) is 39.3 Å². The van der Waals surface area contributed by atoms with Gasteiger partial charge in [0.05, 0.1) is 247 Å². The maximum Gasteiger partial charge on any atom is 0.714 e. The first-order valence-corrected chi connectivity index (χ1v) is 44.4. The van der Waals surface area contributed by atoms with Gasteiger partial charge in [0.1, 0.15) is 75.4 Å². The predicted molar refractivity (Wildman–Crippen MR) is 517 cm³/mol. The molecule has 6 aliphatic heterocycles. The number of rotatable bonds is 24. The molecule has 10 rings (SSSR count). The molecule has 6 aliphatic rings. The predicted octanol–water partition coefficient (Wildman–Crippen LogP) is -14.6. The molecule has 0 amide bonds. The molecule has 0 unspecified atom stereocenters. The maximum absolute atomic E-state index is 10.6. The quantitative estimate of drug-likeness (QED) is 0.0164. The fourth-order valence-corrected chi connectivity index (χ4v) is 14.8. The molecule has 6 heterocycles. The summed E-state index contributed by atoms with van der Waals surface area (Å²) in [4.78, 5) is 0. The first-order valence-electron chi connectivity index (χ1n) is 44.4. The van der Waals surface area contributed by atoms with E-state index >= 15 is 0 Å². The number of phenolic OH excluding ortho intramolecular Hbond substituents is 2. The van der Waals surface area contributed by atoms with Crippen LogP contribution in [0, 0.1) is 0 Å². The first kappa shape index (κ1) is 146. The second-order valence-electron chi connectivity index (χ2n) is 49.9. The van der Waals surface area contributed by atoms with Gasteiger partial charge in [-0.1, -0.05) is 12.1 Å². The van der Waals surface area contributed by atoms with Crippen molar-refractivity contribution in [3.63, 3.8) is 0 Å². The zero-order valence-electron chi connectivity index (χ0n) is 91.7. The SMILES string of the molecule is CC1(C)OB(Oc2cc(C[N+](C)(C)C)c(B3OC(C)(C)C(C)(C)O3)cc2C[N+](C)(C)C)OC1(C)C.CC1(C)OB(Oc2cc(C[N+](C)(C)C)c(O)cc2C[N+](C)(C)C)OC1(C)C.CC1(C)OB(c2cc(C[N+](C)(C)C)c(B3OC(C)(C)C(C)(C)O3)cc2C[N+](C)(C)C)OC1(C)C.CC1(C)OB(c2cc(C[N+](C)(C)C)c(O)cc2C[N+](C)(C)C)OC1(C)C.O.O.OO.OO.[Br-].[Br-].[Br-].[Br-].[Br-].[Br-].[Br-].[Br-]. The van der Waals surface area contributed by atoms with E-state index in [4.69, 9.17) is 86.2 Å². The van der Waals surface area contributed by atoms with Gasteiger partial charge in [-0.15, -0.1) is 0 Å². The van der Waals surface area contributed by atoms with E-state index in [9.17, 15) is 10.2 Å². The van der Waals surface area contributed by atoms with Crippen LogP contribution < -0.4 is 167 Å². The summed E-state index contributed by atoms with van der Waals surface area (Å²) in [5.41, 5.74) is 7.67. The Morgan fingerprint density at radius 3 is 0.529 bits per heavy atom. The summed E-state index contributed by atoms with van der Waals surface area (Å²) in [5, 5.41) is 45.2. The molecular formula is C92H178B6Br8N8O22. The number of aromatic hydroxyl groups is 2. The molecule has 136 heavy (non-hydrogen) atoms. The van der Waals surface area contributed by atoms with Gasteiger partial charge in [-0.3, -0.25) is 21.0 Å². The topological polar surface area (TPSA) is 314 Å². The van der Waals surface area contributed by atoms with E-state index < -0.39 is 99.1 Å². The number of nitrogens with zero attached hydrogens (tertiary/aromatic N) is 8. The third-order valence-electron chi connectivity index (χ3n) is 25.4. The summed E-state index contributed by atoms with van der Waals surface area (Å²) >= 11 is 0. The highest BCUT2D eigenvalue weighted by Gasteiger charge is 2.60. The van der Waals surface area contributed by atoms with Crippen LogP contribution in [-0.2, 0) is 108 Å². The summed E-state index contributed by atoms with van der Waals surface area (Å²) in [5.74, 6) is 2.12. The average Bonchev–Trinajstić information content (AvgIpc) is 1.59. The summed E-state index contributed by atoms with van der Waals surface area (Å²) in [7, 11) is 48.5. The van der Waals surface area contributed by atoms with Crippen molar-refractivity contribution >= 4 is 65.0 Å². The third-order valence-corrected chi connectivity index (χ3v) is 25.4. The Balaban J connectivity index is -0.000000402. The highest BCUT2D eigenvalue weighted by Crippen LogP contribution is 2.45. The number of hydrogen-bond donors (Lipinski definition) is 6. The van der Waals surface area contributed by atoms with Crippen LogP contribution in [-0.4, -0.2) is 358 Å². The van der Waals surface area contributed by atoms with Crippen LogP contribution in [0.3, 0.4) is 0 Å². The monoisotopic (exact) mass is 2440 g/mol. The van der Waals surface area contributed by atoms with Crippen LogP contribution in [0.1, 0.15) is 211 Å². The molecule has 792 valence electrons. The number of halogens is 8. The van der Waals surface area contributed by atoms with Crippen molar-refractivity contribution in [1.82, 2.24) is 0 Å². The number of quaternary nitrogens is 8. The van der Waals surface area contributed by atoms with Crippen molar-refractivity contribution in [3.8, 4) is 23.0 Å². The Labute approximate surface area is 907 Å². The zero-order valence-corrected chi connectivity index (χ0v) is 104. The van der Waals surface area contributed by atoms with Crippen molar-refractivity contribution in [2.24, 2.45) is 0 Å². The maximum atomic E-state index is 10.6. The molecule has 0 atom stereocenters. The van der Waals surface area contributed by atoms with Gasteiger partial charge in [-0.05, 0) is 224 Å². The summed E-state index contributed by atoms with van der Waals surface area (Å²) < 4.78 is 94.7. The third kappa shape index (κ3) is 40.1. The molecule has 6 fully saturated rings. The Morgan fingerprint density at radius 2 is 0.331 bits per heavy atom. The number of hydrogen-bond acceptors (Lipinski definition) is 20. The van der Waals surface area contributed by atoms with Crippen molar-refractivity contribution in [2.45, 2.75) is 286 Å². The van der Waals surface area contributed by atoms with E-state index in [1.54, 1.807) is 0 Å². The lowest BCUT2D eigenvalue weighted by Crippen LogP contribution is -3.00. The van der Waals surface area contributed by atoms with Gasteiger partial charge in [0.15, 0.2) is 0 Å². The normalized spacial score (nSPS) is 19.6. The van der Waals surface area contributed by atoms with Gasteiger partial charge < -0.3 is 258 Å². The molecule has 4 aromatic rings. The van der Waals surface area contributed by atoms with Crippen LogP contribution in [0.4, 0.5) is 0 Å². The van der Waals surface area contributed by atoms with E-state index in [2.05, 4.69) is 310 Å². The molecule has 0 radical (unpaired) electrons. The molecule has 0 spiro atoms. The highest BCUT2D eigenvalue weighted by molar-refractivity contribution is 6.65. The largest absolute Gasteiger partial charge is 1.00 e. The molecule has 0 saturated carbocycles. The van der Waals surface area contributed by atoms with Gasteiger partial charge in [0, 0.05) is 33.4 Å². The number of phenols is 2. The highest BCUT2D eigenvalue weighted by atomic mass is 79.9. The minimum atomic E-state index is -0.775. The molecule has 6 saturated heterocycles. The van der Waals surface area contributed by atoms with E-state index in [-0.39, 0.29) is 158 Å². The Kier molecular flexibility index (Phi) is 55.2. The Morgan fingerprint density at radius 1 is 0.206 bits per heavy atom. The molecule has 30 nitrogen and oxygen atoms in total.